The van der Waals surface area contributed by atoms with Crippen LogP contribution in [0, 0.1) is 0 Å². The van der Waals surface area contributed by atoms with Gasteiger partial charge in [-0.05, 0) is 59.4 Å². The van der Waals surface area contributed by atoms with Gasteiger partial charge in [0.1, 0.15) is 0 Å². The predicted molar refractivity (Wildman–Crippen MR) is 137 cm³/mol. The molecule has 1 aliphatic heterocycles. The molecule has 180 valence electrons. The van der Waals surface area contributed by atoms with E-state index in [0.717, 1.165) is 38.0 Å². The molecule has 4 rings (SSSR count). The van der Waals surface area contributed by atoms with Gasteiger partial charge in [-0.1, -0.05) is 54.6 Å². The van der Waals surface area contributed by atoms with Gasteiger partial charge in [0.15, 0.2) is 0 Å². The Morgan fingerprint density at radius 1 is 0.971 bits per heavy atom. The van der Waals surface area contributed by atoms with Crippen LogP contribution in [0.15, 0.2) is 66.7 Å². The molecular weight excluding hydrogens is 424 g/mol. The summed E-state index contributed by atoms with van der Waals surface area (Å²) >= 11 is 0. The molecule has 0 unspecified atom stereocenters. The molecule has 1 N–H and O–H groups in total. The van der Waals surface area contributed by atoms with Crippen molar-refractivity contribution in [2.75, 3.05) is 33.4 Å². The smallest absolute Gasteiger partial charge is 0.227 e. The first-order valence-corrected chi connectivity index (χ1v) is 12.3. The molecule has 0 radical (unpaired) electrons. The zero-order valence-corrected chi connectivity index (χ0v) is 20.3. The zero-order valence-electron chi connectivity index (χ0n) is 20.3. The highest BCUT2D eigenvalue weighted by Crippen LogP contribution is 2.22. The Balaban J connectivity index is 1.27. The van der Waals surface area contributed by atoms with Crippen LogP contribution >= 0.6 is 0 Å². The fraction of sp³-hybridized carbons (Fsp3) is 0.414. The molecule has 1 heterocycles. The molecule has 1 saturated heterocycles. The molecule has 1 amide bonds. The summed E-state index contributed by atoms with van der Waals surface area (Å²) in [5.41, 5.74) is 3.57. The molecular formula is C29H36N2O3. The van der Waals surface area contributed by atoms with Gasteiger partial charge in [0, 0.05) is 32.8 Å². The van der Waals surface area contributed by atoms with Gasteiger partial charge in [-0.2, -0.15) is 0 Å². The number of nitrogens with zero attached hydrogens (tertiary/aromatic N) is 1. The van der Waals surface area contributed by atoms with Crippen molar-refractivity contribution < 1.29 is 14.3 Å². The third-order valence-electron chi connectivity index (χ3n) is 6.70. The number of carbonyl (C=O) groups excluding carboxylic acids is 1. The normalized spacial score (nSPS) is 15.9. The number of rotatable bonds is 10. The second kappa shape index (κ2) is 12.1. The number of fused-ring (bicyclic) bond motifs is 1. The van der Waals surface area contributed by atoms with Crippen molar-refractivity contribution in [1.82, 2.24) is 10.2 Å². The maximum absolute atomic E-state index is 12.7. The molecule has 0 saturated carbocycles. The monoisotopic (exact) mass is 460 g/mol. The summed E-state index contributed by atoms with van der Waals surface area (Å²) in [6, 6.07) is 23.5. The van der Waals surface area contributed by atoms with Crippen molar-refractivity contribution in [3.05, 3.63) is 83.4 Å². The van der Waals surface area contributed by atoms with Crippen molar-refractivity contribution in [1.29, 1.82) is 0 Å². The van der Waals surface area contributed by atoms with Crippen molar-refractivity contribution in [3.63, 3.8) is 0 Å². The number of ether oxygens (including phenoxy) is 2. The first-order chi connectivity index (χ1) is 16.6. The highest BCUT2D eigenvalue weighted by Gasteiger charge is 2.23. The number of carbonyl (C=O) groups is 1. The minimum absolute atomic E-state index is 0.118. The van der Waals surface area contributed by atoms with E-state index in [1.165, 1.54) is 21.9 Å². The Kier molecular flexibility index (Phi) is 8.69. The molecule has 1 fully saturated rings. The van der Waals surface area contributed by atoms with Crippen molar-refractivity contribution in [3.8, 4) is 0 Å². The topological polar surface area (TPSA) is 50.8 Å². The number of methoxy groups -OCH3 is 1. The molecule has 1 aliphatic rings. The van der Waals surface area contributed by atoms with Gasteiger partial charge in [0.2, 0.25) is 5.91 Å². The molecule has 3 aromatic rings. The Morgan fingerprint density at radius 2 is 1.68 bits per heavy atom. The van der Waals surface area contributed by atoms with E-state index >= 15 is 0 Å². The van der Waals surface area contributed by atoms with E-state index in [1.54, 1.807) is 7.11 Å². The van der Waals surface area contributed by atoms with Crippen LogP contribution < -0.4 is 5.32 Å². The average molecular weight is 461 g/mol. The van der Waals surface area contributed by atoms with Gasteiger partial charge in [0.05, 0.1) is 25.7 Å². The first kappa shape index (κ1) is 24.4. The van der Waals surface area contributed by atoms with Crippen LogP contribution in [-0.4, -0.2) is 50.3 Å². The number of nitrogens with one attached hydrogen (secondary N) is 1. The Hall–Kier alpha value is -2.73. The molecule has 34 heavy (non-hydrogen) atoms. The van der Waals surface area contributed by atoms with Crippen molar-refractivity contribution in [2.45, 2.75) is 44.9 Å². The van der Waals surface area contributed by atoms with E-state index in [4.69, 9.17) is 9.47 Å². The van der Waals surface area contributed by atoms with Gasteiger partial charge in [-0.15, -0.1) is 0 Å². The highest BCUT2D eigenvalue weighted by atomic mass is 16.5. The second-order valence-corrected chi connectivity index (χ2v) is 9.25. The predicted octanol–water partition coefficient (Wildman–Crippen LogP) is 4.89. The van der Waals surface area contributed by atoms with E-state index in [0.29, 0.717) is 19.8 Å². The second-order valence-electron chi connectivity index (χ2n) is 9.25. The number of piperidine rings is 1. The van der Waals surface area contributed by atoms with Crippen molar-refractivity contribution in [2.24, 2.45) is 0 Å². The minimum Gasteiger partial charge on any atom is -0.382 e. The number of likely N-dealkylation sites (tertiary alicyclic amines) is 1. The lowest BCUT2D eigenvalue weighted by molar-refractivity contribution is -0.123. The Bertz CT molecular complexity index is 1060. The fourth-order valence-corrected chi connectivity index (χ4v) is 4.58. The maximum Gasteiger partial charge on any atom is 0.227 e. The summed E-state index contributed by atoms with van der Waals surface area (Å²) < 4.78 is 10.7. The minimum atomic E-state index is -0.118. The lowest BCUT2D eigenvalue weighted by atomic mass is 9.98. The molecule has 5 heteroatoms. The van der Waals surface area contributed by atoms with E-state index in [1.807, 2.05) is 37.3 Å². The van der Waals surface area contributed by atoms with E-state index in [9.17, 15) is 4.79 Å². The zero-order chi connectivity index (χ0) is 23.8. The number of hydrogen-bond donors (Lipinski definition) is 1. The lowest BCUT2D eigenvalue weighted by Crippen LogP contribution is -2.45. The summed E-state index contributed by atoms with van der Waals surface area (Å²) in [5.74, 6) is 0.00767. The van der Waals surface area contributed by atoms with Crippen LogP contribution in [0.5, 0.6) is 0 Å². The number of amides is 1. The summed E-state index contributed by atoms with van der Waals surface area (Å²) in [6.45, 7) is 6.74. The number of benzene rings is 3. The molecule has 1 atom stereocenters. The van der Waals surface area contributed by atoms with Gasteiger partial charge >= 0.3 is 0 Å². The van der Waals surface area contributed by atoms with E-state index < -0.39 is 0 Å². The third kappa shape index (κ3) is 6.66. The summed E-state index contributed by atoms with van der Waals surface area (Å²) in [6.07, 6.45) is 1.98. The molecule has 5 nitrogen and oxygen atoms in total. The molecule has 3 aromatic carbocycles. The fourth-order valence-electron chi connectivity index (χ4n) is 4.58. The SMILES string of the molecule is COCCOCc1ccc2ccc(CN3CCC(NC(=O)[C@H](C)c4ccccc4)CC3)cc2c1. The van der Waals surface area contributed by atoms with Crippen LogP contribution in [-0.2, 0) is 27.4 Å². The molecule has 0 aliphatic carbocycles. The largest absolute Gasteiger partial charge is 0.382 e. The summed E-state index contributed by atoms with van der Waals surface area (Å²) in [7, 11) is 1.69. The van der Waals surface area contributed by atoms with E-state index in [2.05, 4.69) is 46.6 Å². The van der Waals surface area contributed by atoms with Crippen molar-refractivity contribution >= 4 is 16.7 Å². The Labute approximate surface area is 203 Å². The lowest BCUT2D eigenvalue weighted by Gasteiger charge is -2.33. The van der Waals surface area contributed by atoms with Crippen LogP contribution in [0.25, 0.3) is 10.8 Å². The average Bonchev–Trinajstić information content (AvgIpc) is 2.87. The number of hydrogen-bond acceptors (Lipinski definition) is 4. The van der Waals surface area contributed by atoms with Crippen LogP contribution in [0.2, 0.25) is 0 Å². The quantitative estimate of drug-likeness (QED) is 0.438. The van der Waals surface area contributed by atoms with Crippen LogP contribution in [0.1, 0.15) is 42.4 Å². The first-order valence-electron chi connectivity index (χ1n) is 12.3. The van der Waals surface area contributed by atoms with Gasteiger partial charge < -0.3 is 14.8 Å². The van der Waals surface area contributed by atoms with Gasteiger partial charge in [0.25, 0.3) is 0 Å². The maximum atomic E-state index is 12.7. The standard InChI is InChI=1S/C29H36N2O3/c1-22(25-6-4-3-5-7-25)29(32)30-28-12-14-31(15-13-28)20-23-8-10-26-11-9-24(19-27(26)18-23)21-34-17-16-33-2/h3-11,18-19,22,28H,12-17,20-21H2,1-2H3,(H,30,32)/t22-/m1/s1. The third-order valence-corrected chi connectivity index (χ3v) is 6.70. The molecule has 0 bridgehead atoms. The summed E-state index contributed by atoms with van der Waals surface area (Å²) in [5, 5.41) is 5.77. The highest BCUT2D eigenvalue weighted by molar-refractivity contribution is 5.84. The molecule has 0 spiro atoms. The van der Waals surface area contributed by atoms with Gasteiger partial charge in [-0.3, -0.25) is 9.69 Å². The van der Waals surface area contributed by atoms with E-state index in [-0.39, 0.29) is 17.9 Å². The van der Waals surface area contributed by atoms with Gasteiger partial charge in [-0.25, -0.2) is 0 Å². The van der Waals surface area contributed by atoms with Crippen LogP contribution in [0.4, 0.5) is 0 Å². The molecule has 0 aromatic heterocycles. The Morgan fingerprint density at radius 3 is 2.41 bits per heavy atom. The van der Waals surface area contributed by atoms with Crippen LogP contribution in [0.3, 0.4) is 0 Å². The summed E-state index contributed by atoms with van der Waals surface area (Å²) in [4.78, 5) is 15.2.